The fourth-order valence-electron chi connectivity index (χ4n) is 3.18. The van der Waals surface area contributed by atoms with Crippen LogP contribution >= 0.6 is 0 Å². The Morgan fingerprint density at radius 2 is 1.54 bits per heavy atom. The van der Waals surface area contributed by atoms with Crippen LogP contribution in [0.1, 0.15) is 21.5 Å². The van der Waals surface area contributed by atoms with Gasteiger partial charge in [0.2, 0.25) is 10.0 Å². The maximum Gasteiger partial charge on any atom is 0.253 e. The maximum atomic E-state index is 12.7. The fourth-order valence-corrected chi connectivity index (χ4v) is 4.34. The number of likely N-dealkylation sites (N-methyl/N-ethyl adjacent to an activating group) is 1. The van der Waals surface area contributed by atoms with Crippen LogP contribution in [0.3, 0.4) is 0 Å². The van der Waals surface area contributed by atoms with E-state index in [0.717, 1.165) is 37.3 Å². The van der Waals surface area contributed by atoms with Crippen molar-refractivity contribution in [3.63, 3.8) is 0 Å². The van der Waals surface area contributed by atoms with Gasteiger partial charge in [0.15, 0.2) is 0 Å². The molecule has 150 valence electrons. The van der Waals surface area contributed by atoms with Crippen molar-refractivity contribution in [2.24, 2.45) is 0 Å². The van der Waals surface area contributed by atoms with Gasteiger partial charge in [0.25, 0.3) is 5.91 Å². The van der Waals surface area contributed by atoms with E-state index in [-0.39, 0.29) is 17.3 Å². The molecule has 6 nitrogen and oxygen atoms in total. The highest BCUT2D eigenvalue weighted by Gasteiger charge is 2.22. The van der Waals surface area contributed by atoms with Crippen molar-refractivity contribution in [2.75, 3.05) is 40.3 Å². The molecule has 1 saturated heterocycles. The lowest BCUT2D eigenvalue weighted by atomic mass is 10.1. The predicted molar refractivity (Wildman–Crippen MR) is 110 cm³/mol. The Morgan fingerprint density at radius 1 is 0.964 bits per heavy atom. The highest BCUT2D eigenvalue weighted by atomic mass is 32.2. The topological polar surface area (TPSA) is 60.9 Å². The Balaban J connectivity index is 1.66. The average Bonchev–Trinajstić information content (AvgIpc) is 2.69. The first-order valence-corrected chi connectivity index (χ1v) is 10.8. The van der Waals surface area contributed by atoms with Crippen LogP contribution in [0.5, 0.6) is 0 Å². The average molecular weight is 402 g/mol. The zero-order valence-corrected chi connectivity index (χ0v) is 17.4. The van der Waals surface area contributed by atoms with E-state index in [1.165, 1.54) is 4.31 Å². The van der Waals surface area contributed by atoms with Gasteiger partial charge in [-0.25, -0.2) is 8.42 Å². The summed E-state index contributed by atoms with van der Waals surface area (Å²) in [7, 11) is 0.0720. The quantitative estimate of drug-likeness (QED) is 0.771. The molecule has 0 spiro atoms. The third kappa shape index (κ3) is 4.60. The largest absolute Gasteiger partial charge is 0.336 e. The third-order valence-corrected chi connectivity index (χ3v) is 6.94. The zero-order chi connectivity index (χ0) is 20.3. The highest BCUT2D eigenvalue weighted by Crippen LogP contribution is 2.18. The Morgan fingerprint density at radius 3 is 2.11 bits per heavy atom. The minimum Gasteiger partial charge on any atom is -0.336 e. The molecule has 7 heteroatoms. The first kappa shape index (κ1) is 20.5. The molecule has 0 radical (unpaired) electrons. The molecule has 28 heavy (non-hydrogen) atoms. The number of benzene rings is 2. The van der Waals surface area contributed by atoms with E-state index in [4.69, 9.17) is 0 Å². The van der Waals surface area contributed by atoms with Crippen LogP contribution in [0.15, 0.2) is 53.4 Å². The highest BCUT2D eigenvalue weighted by molar-refractivity contribution is 7.89. The summed E-state index contributed by atoms with van der Waals surface area (Å²) in [5, 5.41) is 0. The molecule has 1 amide bonds. The maximum absolute atomic E-state index is 12.7. The molecule has 0 bridgehead atoms. The molecule has 2 aromatic carbocycles. The van der Waals surface area contributed by atoms with Crippen molar-refractivity contribution in [1.29, 1.82) is 0 Å². The van der Waals surface area contributed by atoms with Gasteiger partial charge >= 0.3 is 0 Å². The number of aryl methyl sites for hydroxylation is 1. The Labute approximate surface area is 167 Å². The van der Waals surface area contributed by atoms with Gasteiger partial charge in [-0.1, -0.05) is 29.8 Å². The van der Waals surface area contributed by atoms with E-state index < -0.39 is 10.0 Å². The van der Waals surface area contributed by atoms with E-state index >= 15 is 0 Å². The van der Waals surface area contributed by atoms with E-state index in [0.29, 0.717) is 5.56 Å². The molecule has 3 rings (SSSR count). The van der Waals surface area contributed by atoms with Crippen molar-refractivity contribution >= 4 is 15.9 Å². The summed E-state index contributed by atoms with van der Waals surface area (Å²) < 4.78 is 26.8. The normalized spacial score (nSPS) is 15.8. The van der Waals surface area contributed by atoms with Crippen LogP contribution in [0.25, 0.3) is 0 Å². The lowest BCUT2D eigenvalue weighted by molar-refractivity contribution is 0.0664. The number of hydrogen-bond donors (Lipinski definition) is 0. The van der Waals surface area contributed by atoms with Gasteiger partial charge in [0.1, 0.15) is 0 Å². The van der Waals surface area contributed by atoms with E-state index in [9.17, 15) is 13.2 Å². The van der Waals surface area contributed by atoms with E-state index in [1.807, 2.05) is 24.0 Å². The van der Waals surface area contributed by atoms with Gasteiger partial charge in [-0.3, -0.25) is 4.79 Å². The Bertz CT molecular complexity index is 916. The molecule has 0 N–H and O–H groups in total. The van der Waals surface area contributed by atoms with Crippen molar-refractivity contribution in [3.8, 4) is 0 Å². The summed E-state index contributed by atoms with van der Waals surface area (Å²) in [4.78, 5) is 17.0. The van der Waals surface area contributed by atoms with Crippen LogP contribution in [-0.4, -0.2) is 68.7 Å². The van der Waals surface area contributed by atoms with E-state index in [2.05, 4.69) is 11.9 Å². The molecule has 0 aliphatic carbocycles. The first-order chi connectivity index (χ1) is 13.3. The van der Waals surface area contributed by atoms with Crippen molar-refractivity contribution < 1.29 is 13.2 Å². The van der Waals surface area contributed by atoms with Gasteiger partial charge in [0.05, 0.1) is 4.90 Å². The number of hydrogen-bond acceptors (Lipinski definition) is 4. The molecule has 1 heterocycles. The van der Waals surface area contributed by atoms with Crippen LogP contribution in [0.4, 0.5) is 0 Å². The summed E-state index contributed by atoms with van der Waals surface area (Å²) >= 11 is 0. The van der Waals surface area contributed by atoms with Gasteiger partial charge in [-0.05, 0) is 43.8 Å². The minimum absolute atomic E-state index is 0.0280. The number of nitrogens with zero attached hydrogens (tertiary/aromatic N) is 3. The van der Waals surface area contributed by atoms with Crippen molar-refractivity contribution in [2.45, 2.75) is 18.4 Å². The number of amides is 1. The Hall–Kier alpha value is -2.22. The molecule has 1 fully saturated rings. The molecule has 0 saturated carbocycles. The summed E-state index contributed by atoms with van der Waals surface area (Å²) in [6, 6.07) is 14.0. The smallest absolute Gasteiger partial charge is 0.253 e. The molecule has 0 atom stereocenters. The van der Waals surface area contributed by atoms with Gasteiger partial charge in [-0.2, -0.15) is 4.31 Å². The summed E-state index contributed by atoms with van der Waals surface area (Å²) in [6.45, 7) is 5.39. The minimum atomic E-state index is -3.55. The standard InChI is InChI=1S/C21H27N3O3S/c1-17-4-10-20(11-5-17)28(26,27)23(3)16-18-6-8-19(9-7-18)21(25)24-14-12-22(2)13-15-24/h4-11H,12-16H2,1-3H3. The molecular formula is C21H27N3O3S. The monoisotopic (exact) mass is 401 g/mol. The summed E-state index contributed by atoms with van der Waals surface area (Å²) in [6.07, 6.45) is 0. The lowest BCUT2D eigenvalue weighted by Crippen LogP contribution is -2.47. The summed E-state index contributed by atoms with van der Waals surface area (Å²) in [5.74, 6) is 0.0280. The number of carbonyl (C=O) groups excluding carboxylic acids is 1. The van der Waals surface area contributed by atoms with Gasteiger partial charge in [0, 0.05) is 45.3 Å². The van der Waals surface area contributed by atoms with Crippen LogP contribution in [-0.2, 0) is 16.6 Å². The first-order valence-electron chi connectivity index (χ1n) is 9.37. The van der Waals surface area contributed by atoms with Crippen LogP contribution < -0.4 is 0 Å². The van der Waals surface area contributed by atoms with Gasteiger partial charge in [-0.15, -0.1) is 0 Å². The lowest BCUT2D eigenvalue weighted by Gasteiger charge is -2.32. The second kappa shape index (κ2) is 8.43. The number of rotatable bonds is 5. The second-order valence-corrected chi connectivity index (χ2v) is 9.41. The molecule has 0 unspecified atom stereocenters. The number of sulfonamides is 1. The Kier molecular flexibility index (Phi) is 6.17. The molecule has 2 aromatic rings. The SMILES string of the molecule is Cc1ccc(S(=O)(=O)N(C)Cc2ccc(C(=O)N3CCN(C)CC3)cc2)cc1. The van der Waals surface area contributed by atoms with Gasteiger partial charge < -0.3 is 9.80 Å². The number of piperazine rings is 1. The van der Waals surface area contributed by atoms with Crippen molar-refractivity contribution in [3.05, 3.63) is 65.2 Å². The molecule has 1 aliphatic heterocycles. The fraction of sp³-hybridized carbons (Fsp3) is 0.381. The number of carbonyl (C=O) groups is 1. The molecule has 1 aliphatic rings. The molecular weight excluding hydrogens is 374 g/mol. The van der Waals surface area contributed by atoms with Crippen LogP contribution in [0.2, 0.25) is 0 Å². The third-order valence-electron chi connectivity index (χ3n) is 5.13. The van der Waals surface area contributed by atoms with Crippen LogP contribution in [0, 0.1) is 6.92 Å². The van der Waals surface area contributed by atoms with E-state index in [1.54, 1.807) is 43.4 Å². The predicted octanol–water partition coefficient (Wildman–Crippen LogP) is 2.20. The zero-order valence-electron chi connectivity index (χ0n) is 16.6. The second-order valence-electron chi connectivity index (χ2n) is 7.37. The molecule has 0 aromatic heterocycles. The van der Waals surface area contributed by atoms with Crippen molar-refractivity contribution in [1.82, 2.24) is 14.1 Å². The summed E-state index contributed by atoms with van der Waals surface area (Å²) in [5.41, 5.74) is 2.49.